The molecule has 0 radical (unpaired) electrons. The summed E-state index contributed by atoms with van der Waals surface area (Å²) >= 11 is 0. The van der Waals surface area contributed by atoms with Crippen LogP contribution in [0.2, 0.25) is 0 Å². The van der Waals surface area contributed by atoms with E-state index >= 15 is 0 Å². The van der Waals surface area contributed by atoms with E-state index in [0.717, 1.165) is 5.56 Å². The highest BCUT2D eigenvalue weighted by Crippen LogP contribution is 2.07. The molecule has 106 valence electrons. The molecular weight excluding hydrogens is 270 g/mol. The second kappa shape index (κ2) is 6.96. The van der Waals surface area contributed by atoms with Gasteiger partial charge >= 0.3 is 0 Å². The molecule has 1 N–H and O–H groups in total. The SMILES string of the molecule is N#CCCN(Cc1cccnc1)C(=O)c1ccc(=O)[nH]n1. The van der Waals surface area contributed by atoms with E-state index < -0.39 is 0 Å². The summed E-state index contributed by atoms with van der Waals surface area (Å²) in [6.45, 7) is 0.611. The summed E-state index contributed by atoms with van der Waals surface area (Å²) in [7, 11) is 0. The van der Waals surface area contributed by atoms with Crippen molar-refractivity contribution in [2.24, 2.45) is 0 Å². The molecule has 0 saturated carbocycles. The highest BCUT2D eigenvalue weighted by Gasteiger charge is 2.17. The number of amides is 1. The van der Waals surface area contributed by atoms with E-state index in [4.69, 9.17) is 5.26 Å². The molecule has 2 aromatic heterocycles. The van der Waals surface area contributed by atoms with E-state index in [1.165, 1.54) is 17.0 Å². The number of nitrogens with zero attached hydrogens (tertiary/aromatic N) is 4. The highest BCUT2D eigenvalue weighted by molar-refractivity contribution is 5.92. The molecule has 0 aliphatic rings. The Labute approximate surface area is 120 Å². The standard InChI is InChI=1S/C14H13N5O2/c15-6-2-8-19(10-11-3-1-7-16-9-11)14(21)12-4-5-13(20)18-17-12/h1,3-5,7,9H,2,8,10H2,(H,18,20). The van der Waals surface area contributed by atoms with Gasteiger partial charge in [0.1, 0.15) is 5.69 Å². The van der Waals surface area contributed by atoms with E-state index in [9.17, 15) is 9.59 Å². The Morgan fingerprint density at radius 2 is 2.24 bits per heavy atom. The molecule has 0 saturated heterocycles. The lowest BCUT2D eigenvalue weighted by molar-refractivity contribution is 0.0739. The molecule has 1 amide bonds. The van der Waals surface area contributed by atoms with Gasteiger partial charge in [-0.2, -0.15) is 10.4 Å². The normalized spacial score (nSPS) is 9.86. The predicted molar refractivity (Wildman–Crippen MR) is 74.1 cm³/mol. The second-order valence-corrected chi connectivity index (χ2v) is 4.30. The monoisotopic (exact) mass is 283 g/mol. The number of carbonyl (C=O) groups excluding carboxylic acids is 1. The fourth-order valence-electron chi connectivity index (χ4n) is 1.77. The first kappa shape index (κ1) is 14.4. The Morgan fingerprint density at radius 1 is 1.38 bits per heavy atom. The zero-order valence-corrected chi connectivity index (χ0v) is 11.2. The van der Waals surface area contributed by atoms with Gasteiger partial charge in [0.15, 0.2) is 0 Å². The van der Waals surface area contributed by atoms with Crippen molar-refractivity contribution in [2.45, 2.75) is 13.0 Å². The third-order valence-electron chi connectivity index (χ3n) is 2.78. The number of hydrogen-bond donors (Lipinski definition) is 1. The second-order valence-electron chi connectivity index (χ2n) is 4.30. The number of nitriles is 1. The minimum absolute atomic E-state index is 0.136. The Hall–Kier alpha value is -3.01. The predicted octanol–water partition coefficient (Wildman–Crippen LogP) is 0.721. The Balaban J connectivity index is 2.19. The van der Waals surface area contributed by atoms with Crippen LogP contribution in [0.15, 0.2) is 41.5 Å². The number of aromatic nitrogens is 3. The van der Waals surface area contributed by atoms with Crippen LogP contribution in [0.5, 0.6) is 0 Å². The van der Waals surface area contributed by atoms with Gasteiger partial charge in [-0.15, -0.1) is 0 Å². The summed E-state index contributed by atoms with van der Waals surface area (Å²) in [5.74, 6) is -0.342. The molecule has 2 heterocycles. The van der Waals surface area contributed by atoms with Gasteiger partial charge in [-0.25, -0.2) is 5.10 Å². The summed E-state index contributed by atoms with van der Waals surface area (Å²) < 4.78 is 0. The summed E-state index contributed by atoms with van der Waals surface area (Å²) in [6.07, 6.45) is 3.52. The molecule has 2 aromatic rings. The third kappa shape index (κ3) is 3.98. The van der Waals surface area contributed by atoms with Crippen LogP contribution in [0, 0.1) is 11.3 Å². The first-order valence-corrected chi connectivity index (χ1v) is 6.31. The fourth-order valence-corrected chi connectivity index (χ4v) is 1.77. The van der Waals surface area contributed by atoms with E-state index in [1.54, 1.807) is 18.5 Å². The van der Waals surface area contributed by atoms with E-state index in [2.05, 4.69) is 15.2 Å². The van der Waals surface area contributed by atoms with Gasteiger partial charge in [-0.1, -0.05) is 6.07 Å². The quantitative estimate of drug-likeness (QED) is 0.871. The molecule has 0 atom stereocenters. The number of nitrogens with one attached hydrogen (secondary N) is 1. The van der Waals surface area contributed by atoms with Crippen LogP contribution in [-0.2, 0) is 6.54 Å². The average molecular weight is 283 g/mol. The Bertz CT molecular complexity index is 685. The minimum atomic E-state index is -0.373. The minimum Gasteiger partial charge on any atom is -0.332 e. The summed E-state index contributed by atoms with van der Waals surface area (Å²) in [4.78, 5) is 28.9. The van der Waals surface area contributed by atoms with E-state index in [-0.39, 0.29) is 30.1 Å². The molecule has 7 nitrogen and oxygen atoms in total. The molecule has 0 spiro atoms. The molecule has 0 aliphatic carbocycles. The fraction of sp³-hybridized carbons (Fsp3) is 0.214. The van der Waals surface area contributed by atoms with Gasteiger partial charge in [0.05, 0.1) is 12.5 Å². The number of rotatable bonds is 5. The summed E-state index contributed by atoms with van der Waals surface area (Å²) in [5.41, 5.74) is 0.618. The van der Waals surface area contributed by atoms with Gasteiger partial charge in [-0.05, 0) is 17.7 Å². The van der Waals surface area contributed by atoms with E-state index in [1.807, 2.05) is 12.1 Å². The smallest absolute Gasteiger partial charge is 0.274 e. The maximum Gasteiger partial charge on any atom is 0.274 e. The van der Waals surface area contributed by atoms with Crippen molar-refractivity contribution < 1.29 is 4.79 Å². The molecule has 21 heavy (non-hydrogen) atoms. The highest BCUT2D eigenvalue weighted by atomic mass is 16.2. The maximum absolute atomic E-state index is 12.4. The van der Waals surface area contributed by atoms with Crippen LogP contribution in [0.1, 0.15) is 22.5 Å². The lowest BCUT2D eigenvalue weighted by Gasteiger charge is -2.20. The zero-order chi connectivity index (χ0) is 15.1. The molecule has 0 aromatic carbocycles. The molecule has 0 unspecified atom stereocenters. The largest absolute Gasteiger partial charge is 0.332 e. The molecule has 0 bridgehead atoms. The van der Waals surface area contributed by atoms with Crippen molar-refractivity contribution in [1.82, 2.24) is 20.1 Å². The van der Waals surface area contributed by atoms with Crippen LogP contribution >= 0.6 is 0 Å². The van der Waals surface area contributed by atoms with Gasteiger partial charge in [-0.3, -0.25) is 14.6 Å². The first-order chi connectivity index (χ1) is 10.2. The lowest BCUT2D eigenvalue weighted by atomic mass is 10.2. The number of pyridine rings is 1. The third-order valence-corrected chi connectivity index (χ3v) is 2.78. The van der Waals surface area contributed by atoms with Crippen molar-refractivity contribution in [3.63, 3.8) is 0 Å². The van der Waals surface area contributed by atoms with Crippen LogP contribution in [0.3, 0.4) is 0 Å². The summed E-state index contributed by atoms with van der Waals surface area (Å²) in [6, 6.07) is 8.24. The van der Waals surface area contributed by atoms with Crippen LogP contribution in [0.4, 0.5) is 0 Å². The van der Waals surface area contributed by atoms with Crippen molar-refractivity contribution in [1.29, 1.82) is 5.26 Å². The number of aromatic amines is 1. The Kier molecular flexibility index (Phi) is 4.77. The van der Waals surface area contributed by atoms with Crippen molar-refractivity contribution >= 4 is 5.91 Å². The molecule has 0 aliphatic heterocycles. The van der Waals surface area contributed by atoms with E-state index in [0.29, 0.717) is 6.54 Å². The van der Waals surface area contributed by atoms with Crippen molar-refractivity contribution in [3.8, 4) is 6.07 Å². The van der Waals surface area contributed by atoms with Gasteiger partial charge in [0, 0.05) is 31.5 Å². The molecule has 2 rings (SSSR count). The van der Waals surface area contributed by atoms with Crippen LogP contribution in [-0.4, -0.2) is 32.5 Å². The summed E-state index contributed by atoms with van der Waals surface area (Å²) in [5, 5.41) is 14.7. The molecule has 0 fully saturated rings. The molecular formula is C14H13N5O2. The molecule has 7 heteroatoms. The first-order valence-electron chi connectivity index (χ1n) is 6.31. The topological polar surface area (TPSA) is 103 Å². The Morgan fingerprint density at radius 3 is 2.86 bits per heavy atom. The number of H-pyrrole nitrogens is 1. The van der Waals surface area contributed by atoms with Gasteiger partial charge in [0.25, 0.3) is 11.5 Å². The van der Waals surface area contributed by atoms with Crippen LogP contribution in [0.25, 0.3) is 0 Å². The van der Waals surface area contributed by atoms with Gasteiger partial charge in [0.2, 0.25) is 0 Å². The lowest BCUT2D eigenvalue weighted by Crippen LogP contribution is -2.32. The maximum atomic E-state index is 12.4. The average Bonchev–Trinajstić information content (AvgIpc) is 2.52. The van der Waals surface area contributed by atoms with Crippen molar-refractivity contribution in [3.05, 3.63) is 58.3 Å². The number of carbonyl (C=O) groups is 1. The van der Waals surface area contributed by atoms with Crippen LogP contribution < -0.4 is 5.56 Å². The van der Waals surface area contributed by atoms with Crippen molar-refractivity contribution in [2.75, 3.05) is 6.54 Å². The number of hydrogen-bond acceptors (Lipinski definition) is 5. The van der Waals surface area contributed by atoms with Gasteiger partial charge < -0.3 is 4.90 Å². The zero-order valence-electron chi connectivity index (χ0n) is 11.2.